The molecule has 0 aromatic rings. The number of nitrogens with zero attached hydrogens (tertiary/aromatic N) is 1. The second kappa shape index (κ2) is 5.50. The van der Waals surface area contributed by atoms with Crippen LogP contribution < -0.4 is 5.32 Å². The molecule has 0 aromatic carbocycles. The van der Waals surface area contributed by atoms with Gasteiger partial charge in [0.05, 0.1) is 0 Å². The van der Waals surface area contributed by atoms with Crippen LogP contribution in [0.3, 0.4) is 0 Å². The maximum Gasteiger partial charge on any atom is 0.0111 e. The average Bonchev–Trinajstić information content (AvgIpc) is 3.05. The van der Waals surface area contributed by atoms with Crippen molar-refractivity contribution in [3.63, 3.8) is 0 Å². The molecule has 3 rings (SSSR count). The van der Waals surface area contributed by atoms with Crippen molar-refractivity contribution in [2.75, 3.05) is 13.1 Å². The van der Waals surface area contributed by atoms with Crippen LogP contribution in [0.4, 0.5) is 0 Å². The second-order valence-electron chi connectivity index (χ2n) is 7.33. The van der Waals surface area contributed by atoms with Crippen LogP contribution in [0.2, 0.25) is 0 Å². The van der Waals surface area contributed by atoms with E-state index < -0.39 is 0 Å². The summed E-state index contributed by atoms with van der Waals surface area (Å²) in [6.07, 6.45) is 10.2. The van der Waals surface area contributed by atoms with E-state index in [1.807, 2.05) is 0 Å². The Balaban J connectivity index is 1.58. The Hall–Kier alpha value is -0.0800. The first kappa shape index (κ1) is 12.9. The molecule has 2 bridgehead atoms. The number of nitrogens with one attached hydrogen (secondary N) is 1. The summed E-state index contributed by atoms with van der Waals surface area (Å²) in [5, 5.41) is 3.80. The van der Waals surface area contributed by atoms with Crippen LogP contribution in [0.1, 0.15) is 58.8 Å². The summed E-state index contributed by atoms with van der Waals surface area (Å²) in [6.45, 7) is 7.44. The van der Waals surface area contributed by atoms with Gasteiger partial charge in [0, 0.05) is 31.2 Å². The molecule has 3 aliphatic rings. The van der Waals surface area contributed by atoms with Gasteiger partial charge >= 0.3 is 0 Å². The van der Waals surface area contributed by atoms with Gasteiger partial charge < -0.3 is 5.32 Å². The summed E-state index contributed by atoms with van der Waals surface area (Å²) in [5.74, 6) is 1.76. The van der Waals surface area contributed by atoms with Crippen molar-refractivity contribution < 1.29 is 0 Å². The lowest BCUT2D eigenvalue weighted by molar-refractivity contribution is 0.140. The molecule has 3 unspecified atom stereocenters. The molecule has 1 saturated carbocycles. The van der Waals surface area contributed by atoms with E-state index in [1.165, 1.54) is 58.0 Å². The van der Waals surface area contributed by atoms with Gasteiger partial charge in [-0.3, -0.25) is 4.90 Å². The van der Waals surface area contributed by atoms with Crippen LogP contribution in [0.15, 0.2) is 0 Å². The Kier molecular flexibility index (Phi) is 3.95. The Morgan fingerprint density at radius 3 is 2.44 bits per heavy atom. The van der Waals surface area contributed by atoms with Crippen molar-refractivity contribution in [1.82, 2.24) is 10.2 Å². The highest BCUT2D eigenvalue weighted by Gasteiger charge is 2.40. The molecule has 0 radical (unpaired) electrons. The molecule has 2 nitrogen and oxygen atoms in total. The summed E-state index contributed by atoms with van der Waals surface area (Å²) < 4.78 is 0. The first-order valence-electron chi connectivity index (χ1n) is 8.22. The molecule has 3 atom stereocenters. The minimum Gasteiger partial charge on any atom is -0.311 e. The quantitative estimate of drug-likeness (QED) is 0.807. The van der Waals surface area contributed by atoms with Gasteiger partial charge in [0.2, 0.25) is 0 Å². The van der Waals surface area contributed by atoms with Crippen LogP contribution in [-0.4, -0.2) is 36.1 Å². The molecular weight excluding hydrogens is 220 g/mol. The lowest BCUT2D eigenvalue weighted by atomic mass is 9.88. The van der Waals surface area contributed by atoms with E-state index in [2.05, 4.69) is 24.1 Å². The predicted molar refractivity (Wildman–Crippen MR) is 76.7 cm³/mol. The molecule has 1 N–H and O–H groups in total. The van der Waals surface area contributed by atoms with E-state index in [0.29, 0.717) is 0 Å². The lowest BCUT2D eigenvalue weighted by Gasteiger charge is -2.34. The van der Waals surface area contributed by atoms with E-state index >= 15 is 0 Å². The van der Waals surface area contributed by atoms with Crippen molar-refractivity contribution in [3.05, 3.63) is 0 Å². The summed E-state index contributed by atoms with van der Waals surface area (Å²) in [5.41, 5.74) is 0. The Bertz CT molecular complexity index is 270. The molecule has 0 spiro atoms. The van der Waals surface area contributed by atoms with Gasteiger partial charge in [-0.05, 0) is 43.9 Å². The number of hydrogen-bond donors (Lipinski definition) is 1. The first-order chi connectivity index (χ1) is 8.72. The number of hydrogen-bond acceptors (Lipinski definition) is 2. The minimum absolute atomic E-state index is 0.817. The van der Waals surface area contributed by atoms with Crippen LogP contribution in [0.5, 0.6) is 0 Å². The predicted octanol–water partition coefficient (Wildman–Crippen LogP) is 3.03. The zero-order valence-electron chi connectivity index (χ0n) is 12.2. The molecule has 2 heteroatoms. The highest BCUT2D eigenvalue weighted by molar-refractivity contribution is 4.98. The maximum atomic E-state index is 3.80. The molecule has 2 heterocycles. The molecule has 104 valence electrons. The van der Waals surface area contributed by atoms with Crippen LogP contribution >= 0.6 is 0 Å². The fourth-order valence-electron chi connectivity index (χ4n) is 4.55. The third-order valence-electron chi connectivity index (χ3n) is 5.34. The fourth-order valence-corrected chi connectivity index (χ4v) is 4.55. The van der Waals surface area contributed by atoms with E-state index in [-0.39, 0.29) is 0 Å². The summed E-state index contributed by atoms with van der Waals surface area (Å²) in [7, 11) is 0. The molecule has 0 aromatic heterocycles. The van der Waals surface area contributed by atoms with Gasteiger partial charge in [-0.2, -0.15) is 0 Å². The van der Waals surface area contributed by atoms with Crippen molar-refractivity contribution in [2.24, 2.45) is 11.8 Å². The standard InChI is InChI=1S/C16H30N2/c1-12(2)10-18(15-5-3-4-6-15)11-13-9-14-7-8-16(13)17-14/h12-17H,3-11H2,1-2H3. The van der Waals surface area contributed by atoms with E-state index in [0.717, 1.165) is 30.0 Å². The number of rotatable bonds is 5. The summed E-state index contributed by atoms with van der Waals surface area (Å²) in [6, 6.07) is 2.63. The van der Waals surface area contributed by atoms with E-state index in [9.17, 15) is 0 Å². The van der Waals surface area contributed by atoms with Gasteiger partial charge in [-0.1, -0.05) is 26.7 Å². The van der Waals surface area contributed by atoms with Gasteiger partial charge in [-0.15, -0.1) is 0 Å². The molecule has 2 aliphatic heterocycles. The zero-order valence-corrected chi connectivity index (χ0v) is 12.2. The summed E-state index contributed by atoms with van der Waals surface area (Å²) >= 11 is 0. The Morgan fingerprint density at radius 1 is 1.11 bits per heavy atom. The Morgan fingerprint density at radius 2 is 1.89 bits per heavy atom. The van der Waals surface area contributed by atoms with Gasteiger partial charge in [0.1, 0.15) is 0 Å². The molecular formula is C16H30N2. The fraction of sp³-hybridized carbons (Fsp3) is 1.00. The maximum absolute atomic E-state index is 3.80. The monoisotopic (exact) mass is 250 g/mol. The highest BCUT2D eigenvalue weighted by Crippen LogP contribution is 2.35. The largest absolute Gasteiger partial charge is 0.311 e. The van der Waals surface area contributed by atoms with Crippen molar-refractivity contribution in [1.29, 1.82) is 0 Å². The number of fused-ring (bicyclic) bond motifs is 2. The van der Waals surface area contributed by atoms with Gasteiger partial charge in [-0.25, -0.2) is 0 Å². The minimum atomic E-state index is 0.817. The lowest BCUT2D eigenvalue weighted by Crippen LogP contribution is -2.42. The average molecular weight is 250 g/mol. The highest BCUT2D eigenvalue weighted by atomic mass is 15.2. The topological polar surface area (TPSA) is 15.3 Å². The van der Waals surface area contributed by atoms with Gasteiger partial charge in [0.25, 0.3) is 0 Å². The summed E-state index contributed by atoms with van der Waals surface area (Å²) in [4.78, 5) is 2.85. The Labute approximate surface area is 113 Å². The van der Waals surface area contributed by atoms with Crippen LogP contribution in [0.25, 0.3) is 0 Å². The third kappa shape index (κ3) is 2.75. The first-order valence-corrected chi connectivity index (χ1v) is 8.22. The smallest absolute Gasteiger partial charge is 0.0111 e. The van der Waals surface area contributed by atoms with Crippen LogP contribution in [-0.2, 0) is 0 Å². The third-order valence-corrected chi connectivity index (χ3v) is 5.34. The van der Waals surface area contributed by atoms with Crippen molar-refractivity contribution in [2.45, 2.75) is 76.9 Å². The van der Waals surface area contributed by atoms with Crippen molar-refractivity contribution in [3.8, 4) is 0 Å². The SMILES string of the molecule is CC(C)CN(CC1CC2CCC1N2)C1CCCC1. The normalized spacial score (nSPS) is 36.3. The molecule has 1 aliphatic carbocycles. The van der Waals surface area contributed by atoms with Gasteiger partial charge in [0.15, 0.2) is 0 Å². The second-order valence-corrected chi connectivity index (χ2v) is 7.33. The molecule has 3 fully saturated rings. The molecule has 18 heavy (non-hydrogen) atoms. The van der Waals surface area contributed by atoms with E-state index in [1.54, 1.807) is 0 Å². The van der Waals surface area contributed by atoms with Crippen LogP contribution in [0, 0.1) is 11.8 Å². The zero-order chi connectivity index (χ0) is 12.5. The van der Waals surface area contributed by atoms with E-state index in [4.69, 9.17) is 0 Å². The molecule has 2 saturated heterocycles. The molecule has 0 amide bonds. The van der Waals surface area contributed by atoms with Crippen molar-refractivity contribution >= 4 is 0 Å².